The Balaban J connectivity index is 1.46. The number of nitrogens with one attached hydrogen (secondary N) is 1. The average Bonchev–Trinajstić information content (AvgIpc) is 3.33. The Labute approximate surface area is 138 Å². The van der Waals surface area contributed by atoms with Gasteiger partial charge in [-0.1, -0.05) is 6.07 Å². The molecule has 7 nitrogen and oxygen atoms in total. The Bertz CT molecular complexity index is 875. The van der Waals surface area contributed by atoms with Gasteiger partial charge >= 0.3 is 0 Å². The second kappa shape index (κ2) is 5.38. The van der Waals surface area contributed by atoms with Crippen LogP contribution in [0.4, 0.5) is 0 Å². The third-order valence-corrected chi connectivity index (χ3v) is 4.40. The second-order valence-corrected chi connectivity index (χ2v) is 5.99. The fraction of sp³-hybridized carbons (Fsp3) is 0.294. The molecule has 0 spiro atoms. The van der Waals surface area contributed by atoms with Crippen molar-refractivity contribution in [3.05, 3.63) is 47.9 Å². The Hall–Kier alpha value is -2.80. The van der Waals surface area contributed by atoms with Gasteiger partial charge in [-0.2, -0.15) is 5.10 Å². The van der Waals surface area contributed by atoms with Crippen LogP contribution in [0.25, 0.3) is 11.5 Å². The first-order valence-corrected chi connectivity index (χ1v) is 8.04. The van der Waals surface area contributed by atoms with Crippen molar-refractivity contribution in [3.8, 4) is 23.0 Å². The molecule has 2 aromatic heterocycles. The summed E-state index contributed by atoms with van der Waals surface area (Å²) in [6, 6.07) is 8.15. The second-order valence-electron chi connectivity index (χ2n) is 5.99. The summed E-state index contributed by atoms with van der Waals surface area (Å²) in [7, 11) is 0. The van der Waals surface area contributed by atoms with E-state index in [4.69, 9.17) is 14.6 Å². The van der Waals surface area contributed by atoms with Crippen molar-refractivity contribution in [1.29, 1.82) is 0 Å². The number of aromatic nitrogens is 4. The van der Waals surface area contributed by atoms with Crippen LogP contribution in [0.5, 0.6) is 11.5 Å². The maximum Gasteiger partial charge on any atom is 0.231 e. The van der Waals surface area contributed by atoms with Gasteiger partial charge in [0.2, 0.25) is 6.79 Å². The van der Waals surface area contributed by atoms with Gasteiger partial charge in [0.25, 0.3) is 0 Å². The molecule has 3 aromatic rings. The van der Waals surface area contributed by atoms with E-state index in [0.717, 1.165) is 48.2 Å². The summed E-state index contributed by atoms with van der Waals surface area (Å²) < 4.78 is 15.0. The van der Waals surface area contributed by atoms with Crippen molar-refractivity contribution < 1.29 is 9.47 Å². The van der Waals surface area contributed by atoms with Crippen LogP contribution in [0, 0.1) is 0 Å². The molecule has 7 heteroatoms. The molecule has 0 unspecified atom stereocenters. The van der Waals surface area contributed by atoms with Crippen LogP contribution in [-0.4, -0.2) is 32.7 Å². The van der Waals surface area contributed by atoms with Crippen LogP contribution in [0.1, 0.15) is 11.3 Å². The monoisotopic (exact) mass is 323 g/mol. The van der Waals surface area contributed by atoms with Gasteiger partial charge in [-0.15, -0.1) is 0 Å². The number of benzene rings is 1. The van der Waals surface area contributed by atoms with E-state index in [1.165, 1.54) is 5.69 Å². The predicted molar refractivity (Wildman–Crippen MR) is 86.8 cm³/mol. The third-order valence-electron chi connectivity index (χ3n) is 4.40. The molecule has 0 atom stereocenters. The van der Waals surface area contributed by atoms with Crippen LogP contribution < -0.4 is 14.8 Å². The molecule has 0 saturated carbocycles. The summed E-state index contributed by atoms with van der Waals surface area (Å²) in [5.41, 5.74) is 3.26. The first-order chi connectivity index (χ1) is 11.9. The number of imidazole rings is 1. The molecule has 1 aromatic carbocycles. The molecular weight excluding hydrogens is 306 g/mol. The summed E-state index contributed by atoms with van der Waals surface area (Å²) in [6.45, 7) is 3.73. The molecular formula is C17H17N5O2. The topological polar surface area (TPSA) is 66.1 Å². The van der Waals surface area contributed by atoms with Gasteiger partial charge in [0, 0.05) is 32.0 Å². The summed E-state index contributed by atoms with van der Waals surface area (Å²) >= 11 is 0. The number of ether oxygens (including phenoxy) is 2. The lowest BCUT2D eigenvalue weighted by molar-refractivity contribution is 0.174. The highest BCUT2D eigenvalue weighted by Crippen LogP contribution is 2.33. The molecule has 24 heavy (non-hydrogen) atoms. The van der Waals surface area contributed by atoms with Gasteiger partial charge in [-0.25, -0.2) is 4.98 Å². The highest BCUT2D eigenvalue weighted by molar-refractivity contribution is 5.51. The van der Waals surface area contributed by atoms with Gasteiger partial charge in [0.15, 0.2) is 17.3 Å². The van der Waals surface area contributed by atoms with Crippen LogP contribution in [0.2, 0.25) is 0 Å². The number of hydrogen-bond acceptors (Lipinski definition) is 5. The van der Waals surface area contributed by atoms with Gasteiger partial charge in [-0.3, -0.25) is 4.68 Å². The number of nitrogens with zero attached hydrogens (tertiary/aromatic N) is 4. The number of hydrogen-bond donors (Lipinski definition) is 1. The normalized spacial score (nSPS) is 15.5. The van der Waals surface area contributed by atoms with Gasteiger partial charge < -0.3 is 19.4 Å². The summed E-state index contributed by atoms with van der Waals surface area (Å²) in [6.07, 6.45) is 3.80. The van der Waals surface area contributed by atoms with Crippen LogP contribution in [0.15, 0.2) is 36.7 Å². The zero-order valence-corrected chi connectivity index (χ0v) is 13.1. The standard InChI is InChI=1S/C17H17N5O2/c1-2-15-16(24-11-23-15)7-12(1)10-21-5-4-19-17(21)14-8-13-9-18-3-6-22(13)20-14/h1-2,4-5,7-8,18H,3,6,9-11H2. The van der Waals surface area contributed by atoms with Crippen molar-refractivity contribution in [2.24, 2.45) is 0 Å². The average molecular weight is 323 g/mol. The van der Waals surface area contributed by atoms with Crippen LogP contribution in [-0.2, 0) is 19.6 Å². The molecule has 1 N–H and O–H groups in total. The molecule has 0 radical (unpaired) electrons. The van der Waals surface area contributed by atoms with E-state index in [2.05, 4.69) is 31.7 Å². The minimum atomic E-state index is 0.295. The molecule has 122 valence electrons. The number of rotatable bonds is 3. The third kappa shape index (κ3) is 2.25. The smallest absolute Gasteiger partial charge is 0.231 e. The van der Waals surface area contributed by atoms with E-state index in [1.54, 1.807) is 0 Å². The molecule has 5 rings (SSSR count). The maximum atomic E-state index is 5.46. The SMILES string of the molecule is c1cn(Cc2ccc3c(c2)OCO3)c(-c2cc3n(n2)CCNC3)n1. The number of fused-ring (bicyclic) bond motifs is 2. The molecule has 0 fully saturated rings. The zero-order chi connectivity index (χ0) is 15.9. The first-order valence-electron chi connectivity index (χ1n) is 8.04. The highest BCUT2D eigenvalue weighted by atomic mass is 16.7. The van der Waals surface area contributed by atoms with E-state index in [0.29, 0.717) is 13.3 Å². The Morgan fingerprint density at radius 1 is 1.17 bits per heavy atom. The lowest BCUT2D eigenvalue weighted by atomic mass is 10.2. The zero-order valence-electron chi connectivity index (χ0n) is 13.1. The molecule has 0 bridgehead atoms. The minimum Gasteiger partial charge on any atom is -0.454 e. The summed E-state index contributed by atoms with van der Waals surface area (Å²) in [5.74, 6) is 2.49. The highest BCUT2D eigenvalue weighted by Gasteiger charge is 2.17. The Morgan fingerprint density at radius 3 is 3.08 bits per heavy atom. The Morgan fingerprint density at radius 2 is 2.12 bits per heavy atom. The molecule has 4 heterocycles. The van der Waals surface area contributed by atoms with E-state index < -0.39 is 0 Å². The largest absolute Gasteiger partial charge is 0.454 e. The van der Waals surface area contributed by atoms with Crippen molar-refractivity contribution >= 4 is 0 Å². The Kier molecular flexibility index (Phi) is 3.05. The molecule has 2 aliphatic rings. The van der Waals surface area contributed by atoms with Crippen molar-refractivity contribution in [2.45, 2.75) is 19.6 Å². The summed E-state index contributed by atoms with van der Waals surface area (Å²) in [5, 5.41) is 8.07. The predicted octanol–water partition coefficient (Wildman–Crippen LogP) is 1.63. The first kappa shape index (κ1) is 13.6. The molecule has 0 saturated heterocycles. The lowest BCUT2D eigenvalue weighted by Crippen LogP contribution is -2.28. The summed E-state index contributed by atoms with van der Waals surface area (Å²) in [4.78, 5) is 4.51. The molecule has 2 aliphatic heterocycles. The van der Waals surface area contributed by atoms with Gasteiger partial charge in [0.1, 0.15) is 5.69 Å². The quantitative estimate of drug-likeness (QED) is 0.793. The van der Waals surface area contributed by atoms with E-state index in [1.807, 2.05) is 24.5 Å². The van der Waals surface area contributed by atoms with Crippen molar-refractivity contribution in [2.75, 3.05) is 13.3 Å². The fourth-order valence-electron chi connectivity index (χ4n) is 3.21. The minimum absolute atomic E-state index is 0.295. The van der Waals surface area contributed by atoms with E-state index >= 15 is 0 Å². The lowest BCUT2D eigenvalue weighted by Gasteiger charge is -2.13. The fourth-order valence-corrected chi connectivity index (χ4v) is 3.21. The van der Waals surface area contributed by atoms with Crippen LogP contribution in [0.3, 0.4) is 0 Å². The van der Waals surface area contributed by atoms with Crippen molar-refractivity contribution in [1.82, 2.24) is 24.6 Å². The van der Waals surface area contributed by atoms with Crippen LogP contribution >= 0.6 is 0 Å². The van der Waals surface area contributed by atoms with Crippen molar-refractivity contribution in [3.63, 3.8) is 0 Å². The molecule has 0 aliphatic carbocycles. The van der Waals surface area contributed by atoms with E-state index in [-0.39, 0.29) is 0 Å². The maximum absolute atomic E-state index is 5.46. The molecule has 0 amide bonds. The van der Waals surface area contributed by atoms with Gasteiger partial charge in [0.05, 0.1) is 12.2 Å². The van der Waals surface area contributed by atoms with E-state index in [9.17, 15) is 0 Å². The van der Waals surface area contributed by atoms with Gasteiger partial charge in [-0.05, 0) is 23.8 Å².